The lowest BCUT2D eigenvalue weighted by Gasteiger charge is -2.40. The summed E-state index contributed by atoms with van der Waals surface area (Å²) >= 11 is 1.79. The van der Waals surface area contributed by atoms with Crippen LogP contribution in [0.2, 0.25) is 0 Å². The Labute approximate surface area is 214 Å². The van der Waals surface area contributed by atoms with Crippen molar-refractivity contribution in [2.24, 2.45) is 10.9 Å². The summed E-state index contributed by atoms with van der Waals surface area (Å²) < 4.78 is 5.71. The quantitative estimate of drug-likeness (QED) is 0.293. The fourth-order valence-electron chi connectivity index (χ4n) is 3.90. The molecule has 0 bridgehead atoms. The number of amides is 1. The fraction of sp³-hybridized carbons (Fsp3) is 0.783. The molecule has 32 heavy (non-hydrogen) atoms. The minimum absolute atomic E-state index is 0. The van der Waals surface area contributed by atoms with Gasteiger partial charge in [-0.3, -0.25) is 4.99 Å². The molecule has 2 heterocycles. The van der Waals surface area contributed by atoms with E-state index < -0.39 is 5.60 Å². The van der Waals surface area contributed by atoms with Gasteiger partial charge in [0.15, 0.2) is 5.96 Å². The molecule has 1 amide bonds. The molecule has 1 N–H and O–H groups in total. The number of guanidine groups is 1. The van der Waals surface area contributed by atoms with Crippen molar-refractivity contribution in [3.05, 3.63) is 16.1 Å². The molecule has 1 aliphatic heterocycles. The molecule has 1 aromatic heterocycles. The zero-order valence-electron chi connectivity index (χ0n) is 20.2. The topological polar surface area (TPSA) is 70.1 Å². The number of carbonyl (C=O) groups is 1. The summed E-state index contributed by atoms with van der Waals surface area (Å²) in [5.41, 5.74) is -0.457. The molecule has 0 atom stereocenters. The van der Waals surface area contributed by atoms with Gasteiger partial charge in [-0.15, -0.1) is 35.3 Å². The first-order chi connectivity index (χ1) is 14.8. The molecule has 0 unspecified atom stereocenters. The van der Waals surface area contributed by atoms with Crippen LogP contribution >= 0.6 is 35.3 Å². The van der Waals surface area contributed by atoms with E-state index in [9.17, 15) is 4.79 Å². The van der Waals surface area contributed by atoms with Crippen molar-refractivity contribution < 1.29 is 9.53 Å². The summed E-state index contributed by atoms with van der Waals surface area (Å²) in [6.45, 7) is 11.4. The van der Waals surface area contributed by atoms with Gasteiger partial charge in [0, 0.05) is 56.8 Å². The van der Waals surface area contributed by atoms with Crippen LogP contribution in [0.4, 0.5) is 4.79 Å². The molecule has 1 aliphatic carbocycles. The smallest absolute Gasteiger partial charge is 0.410 e. The molecule has 0 spiro atoms. The predicted molar refractivity (Wildman–Crippen MR) is 142 cm³/mol. The summed E-state index contributed by atoms with van der Waals surface area (Å²) in [7, 11) is 1.84. The summed E-state index contributed by atoms with van der Waals surface area (Å²) in [6, 6.07) is 0.243. The number of hydrogen-bond acceptors (Lipinski definition) is 5. The summed E-state index contributed by atoms with van der Waals surface area (Å²) in [5, 5.41) is 4.67. The zero-order valence-corrected chi connectivity index (χ0v) is 23.4. The minimum atomic E-state index is -0.457. The third-order valence-corrected chi connectivity index (χ3v) is 6.97. The minimum Gasteiger partial charge on any atom is -0.444 e. The molecule has 182 valence electrons. The number of aromatic nitrogens is 1. The van der Waals surface area contributed by atoms with Crippen molar-refractivity contribution in [2.45, 2.75) is 77.9 Å². The lowest BCUT2D eigenvalue weighted by molar-refractivity contribution is 0.00928. The molecule has 2 aliphatic rings. The molecular weight excluding hydrogens is 537 g/mol. The Kier molecular flexibility index (Phi) is 10.5. The third-order valence-electron chi connectivity index (χ3n) is 5.77. The normalized spacial score (nSPS) is 17.7. The Morgan fingerprint density at radius 1 is 1.31 bits per heavy atom. The molecule has 1 saturated carbocycles. The highest BCUT2D eigenvalue weighted by atomic mass is 127. The number of likely N-dealkylation sites (tertiary alicyclic amines) is 1. The van der Waals surface area contributed by atoms with Gasteiger partial charge in [0.05, 0.1) is 5.01 Å². The van der Waals surface area contributed by atoms with Crippen LogP contribution in [-0.2, 0) is 17.6 Å². The van der Waals surface area contributed by atoms with Crippen LogP contribution in [0.3, 0.4) is 0 Å². The lowest BCUT2D eigenvalue weighted by atomic mass is 10.0. The number of ether oxygens (including phenoxy) is 1. The summed E-state index contributed by atoms with van der Waals surface area (Å²) in [5.74, 6) is 1.59. The first-order valence-corrected chi connectivity index (χ1v) is 12.5. The Hall–Kier alpha value is -1.10. The maximum absolute atomic E-state index is 12.8. The number of hydrogen-bond donors (Lipinski definition) is 1. The molecule has 0 radical (unpaired) electrons. The predicted octanol–water partition coefficient (Wildman–Crippen LogP) is 4.55. The number of aryl methyl sites for hydroxylation is 1. The first-order valence-electron chi connectivity index (χ1n) is 11.7. The maximum Gasteiger partial charge on any atom is 0.410 e. The van der Waals surface area contributed by atoms with Crippen LogP contribution in [0, 0.1) is 5.92 Å². The van der Waals surface area contributed by atoms with E-state index in [0.717, 1.165) is 57.8 Å². The van der Waals surface area contributed by atoms with Crippen LogP contribution < -0.4 is 5.32 Å². The largest absolute Gasteiger partial charge is 0.444 e. The molecular formula is C23H40IN5O2S. The van der Waals surface area contributed by atoms with E-state index in [2.05, 4.69) is 27.1 Å². The second kappa shape index (κ2) is 12.4. The van der Waals surface area contributed by atoms with Crippen molar-refractivity contribution in [1.82, 2.24) is 20.1 Å². The Balaban J connectivity index is 0.00000363. The van der Waals surface area contributed by atoms with Crippen LogP contribution in [0.5, 0.6) is 0 Å². The maximum atomic E-state index is 12.8. The molecule has 9 heteroatoms. The first kappa shape index (κ1) is 27.1. The average Bonchev–Trinajstić information content (AvgIpc) is 3.44. The molecule has 3 rings (SSSR count). The number of carbonyl (C=O) groups excluding carboxylic acids is 1. The highest BCUT2D eigenvalue weighted by Crippen LogP contribution is 2.32. The van der Waals surface area contributed by atoms with E-state index in [0.29, 0.717) is 5.92 Å². The SMILES string of the molecule is CCc1cnc(CCNC(=NC)N2CCC(N(CC3CC3)C(=O)OC(C)(C)C)CC2)s1.I. The van der Waals surface area contributed by atoms with E-state index in [1.54, 1.807) is 11.3 Å². The van der Waals surface area contributed by atoms with E-state index in [1.165, 1.54) is 22.7 Å². The lowest BCUT2D eigenvalue weighted by Crippen LogP contribution is -2.52. The molecule has 0 aromatic carbocycles. The van der Waals surface area contributed by atoms with Crippen molar-refractivity contribution in [3.8, 4) is 0 Å². The molecule has 1 saturated heterocycles. The van der Waals surface area contributed by atoms with Crippen LogP contribution in [0.1, 0.15) is 63.3 Å². The van der Waals surface area contributed by atoms with Gasteiger partial charge in [-0.05, 0) is 58.8 Å². The number of halogens is 1. The molecule has 1 aromatic rings. The average molecular weight is 578 g/mol. The molecule has 2 fully saturated rings. The van der Waals surface area contributed by atoms with Crippen molar-refractivity contribution in [3.63, 3.8) is 0 Å². The number of aliphatic imine (C=N–C) groups is 1. The van der Waals surface area contributed by atoms with E-state index in [4.69, 9.17) is 4.74 Å². The Bertz CT molecular complexity index is 752. The number of nitrogens with one attached hydrogen (secondary N) is 1. The second-order valence-electron chi connectivity index (χ2n) is 9.59. The second-order valence-corrected chi connectivity index (χ2v) is 10.8. The van der Waals surface area contributed by atoms with Gasteiger partial charge in [-0.1, -0.05) is 6.92 Å². The van der Waals surface area contributed by atoms with Gasteiger partial charge in [0.2, 0.25) is 0 Å². The van der Waals surface area contributed by atoms with E-state index in [1.807, 2.05) is 38.9 Å². The fourth-order valence-corrected chi connectivity index (χ4v) is 4.76. The van der Waals surface area contributed by atoms with Gasteiger partial charge < -0.3 is 19.9 Å². The number of rotatable bonds is 7. The Morgan fingerprint density at radius 2 is 2.00 bits per heavy atom. The molecule has 7 nitrogen and oxygen atoms in total. The standard InChI is InChI=1S/C23H39N5O2S.HI/c1-6-19-15-26-20(31-19)9-12-25-21(24-5)27-13-10-18(11-14-27)28(16-17-7-8-17)22(29)30-23(2,3)4;/h15,17-18H,6-14,16H2,1-5H3,(H,24,25);1H. The Morgan fingerprint density at radius 3 is 2.53 bits per heavy atom. The van der Waals surface area contributed by atoms with Gasteiger partial charge >= 0.3 is 6.09 Å². The van der Waals surface area contributed by atoms with E-state index >= 15 is 0 Å². The van der Waals surface area contributed by atoms with E-state index in [-0.39, 0.29) is 36.1 Å². The van der Waals surface area contributed by atoms with Crippen molar-refractivity contribution in [1.29, 1.82) is 0 Å². The van der Waals surface area contributed by atoms with Crippen LogP contribution in [0.15, 0.2) is 11.2 Å². The third kappa shape index (κ3) is 8.35. The van der Waals surface area contributed by atoms with Gasteiger partial charge in [-0.25, -0.2) is 9.78 Å². The highest BCUT2D eigenvalue weighted by Gasteiger charge is 2.35. The highest BCUT2D eigenvalue weighted by molar-refractivity contribution is 14.0. The number of nitrogens with zero attached hydrogens (tertiary/aromatic N) is 4. The van der Waals surface area contributed by atoms with Crippen LogP contribution in [-0.4, -0.2) is 71.7 Å². The zero-order chi connectivity index (χ0) is 22.4. The van der Waals surface area contributed by atoms with Crippen LogP contribution in [0.25, 0.3) is 0 Å². The van der Waals surface area contributed by atoms with Gasteiger partial charge in [0.25, 0.3) is 0 Å². The van der Waals surface area contributed by atoms with Gasteiger partial charge in [0.1, 0.15) is 5.60 Å². The van der Waals surface area contributed by atoms with Crippen molar-refractivity contribution in [2.75, 3.05) is 33.2 Å². The summed E-state index contributed by atoms with van der Waals surface area (Å²) in [4.78, 5) is 27.5. The summed E-state index contributed by atoms with van der Waals surface area (Å²) in [6.07, 6.45) is 8.13. The van der Waals surface area contributed by atoms with Crippen molar-refractivity contribution >= 4 is 47.4 Å². The number of piperidine rings is 1. The number of thiazole rings is 1. The van der Waals surface area contributed by atoms with Gasteiger partial charge in [-0.2, -0.15) is 0 Å². The monoisotopic (exact) mass is 577 g/mol.